The molecule has 2 nitrogen and oxygen atoms in total. The molecule has 12 heavy (non-hydrogen) atoms. The van der Waals surface area contributed by atoms with Gasteiger partial charge in [0.05, 0.1) is 0 Å². The predicted molar refractivity (Wildman–Crippen MR) is 50.3 cm³/mol. The molecule has 62 valence electrons. The zero-order chi connectivity index (χ0) is 8.72. The van der Waals surface area contributed by atoms with Crippen LogP contribution in [0.2, 0.25) is 5.02 Å². The third-order valence-corrected chi connectivity index (χ3v) is 2.63. The minimum atomic E-state index is -0.0480. The van der Waals surface area contributed by atoms with Crippen LogP contribution in [0, 0.1) is 0 Å². The second kappa shape index (κ2) is 2.75. The van der Waals surface area contributed by atoms with E-state index in [1.165, 1.54) is 0 Å². The lowest BCUT2D eigenvalue weighted by Gasteiger charge is -1.99. The lowest BCUT2D eigenvalue weighted by molar-refractivity contribution is 0.0965. The number of benzene rings is 1. The van der Waals surface area contributed by atoms with Gasteiger partial charge in [-0.2, -0.15) is 0 Å². The second-order valence-corrected chi connectivity index (χ2v) is 3.92. The number of hydrogen-bond acceptors (Lipinski definition) is 1. The number of amides is 1. The van der Waals surface area contributed by atoms with Crippen molar-refractivity contribution >= 4 is 33.4 Å². The molecule has 0 aliphatic carbocycles. The summed E-state index contributed by atoms with van der Waals surface area (Å²) in [5, 5.41) is 3.35. The van der Waals surface area contributed by atoms with Gasteiger partial charge in [0.2, 0.25) is 0 Å². The van der Waals surface area contributed by atoms with Gasteiger partial charge in [-0.05, 0) is 12.1 Å². The molecule has 1 aromatic rings. The van der Waals surface area contributed by atoms with Crippen molar-refractivity contribution in [1.82, 2.24) is 5.32 Å². The van der Waals surface area contributed by atoms with Crippen molar-refractivity contribution in [3.8, 4) is 0 Å². The lowest BCUT2D eigenvalue weighted by Crippen LogP contribution is -2.12. The van der Waals surface area contributed by atoms with Gasteiger partial charge < -0.3 is 5.32 Å². The quantitative estimate of drug-likeness (QED) is 0.748. The van der Waals surface area contributed by atoms with Gasteiger partial charge in [0, 0.05) is 27.2 Å². The molecule has 1 N–H and O–H groups in total. The van der Waals surface area contributed by atoms with Crippen molar-refractivity contribution in [1.29, 1.82) is 0 Å². The van der Waals surface area contributed by atoms with E-state index in [2.05, 4.69) is 21.2 Å². The second-order valence-electron chi connectivity index (χ2n) is 2.60. The molecule has 0 saturated carbocycles. The van der Waals surface area contributed by atoms with Crippen LogP contribution in [0.5, 0.6) is 0 Å². The van der Waals surface area contributed by atoms with E-state index in [4.69, 9.17) is 11.6 Å². The van der Waals surface area contributed by atoms with Crippen LogP contribution < -0.4 is 5.32 Å². The molecule has 0 aromatic heterocycles. The molecule has 1 heterocycles. The first-order valence-electron chi connectivity index (χ1n) is 3.44. The molecule has 0 spiro atoms. The van der Waals surface area contributed by atoms with Crippen molar-refractivity contribution in [2.75, 3.05) is 0 Å². The highest BCUT2D eigenvalue weighted by atomic mass is 79.9. The zero-order valence-corrected chi connectivity index (χ0v) is 8.37. The van der Waals surface area contributed by atoms with Gasteiger partial charge in [0.15, 0.2) is 0 Å². The number of fused-ring (bicyclic) bond motifs is 1. The first-order chi connectivity index (χ1) is 5.68. The largest absolute Gasteiger partial charge is 0.348 e. The highest BCUT2D eigenvalue weighted by Crippen LogP contribution is 2.28. The number of nitrogens with one attached hydrogen (secondary N) is 1. The Morgan fingerprint density at radius 2 is 2.25 bits per heavy atom. The van der Waals surface area contributed by atoms with Gasteiger partial charge in [-0.3, -0.25) is 4.79 Å². The van der Waals surface area contributed by atoms with E-state index in [-0.39, 0.29) is 5.91 Å². The van der Waals surface area contributed by atoms with Gasteiger partial charge in [0.1, 0.15) is 0 Å². The minimum absolute atomic E-state index is 0.0480. The molecular formula is C8H5BrClNO. The molecule has 0 atom stereocenters. The lowest BCUT2D eigenvalue weighted by atomic mass is 10.1. The van der Waals surface area contributed by atoms with Gasteiger partial charge in [-0.1, -0.05) is 27.5 Å². The van der Waals surface area contributed by atoms with Gasteiger partial charge in [-0.25, -0.2) is 0 Å². The van der Waals surface area contributed by atoms with Crippen molar-refractivity contribution in [3.63, 3.8) is 0 Å². The maximum atomic E-state index is 11.2. The number of rotatable bonds is 0. The molecule has 1 aliphatic heterocycles. The standard InChI is InChI=1S/C8H5BrClNO/c9-4-1-5-6(7(10)2-4)3-11-8(5)12/h1-2H,3H2,(H,11,12). The molecule has 1 amide bonds. The van der Waals surface area contributed by atoms with Crippen LogP contribution >= 0.6 is 27.5 Å². The first kappa shape index (κ1) is 8.08. The van der Waals surface area contributed by atoms with E-state index in [1.807, 2.05) is 0 Å². The van der Waals surface area contributed by atoms with Gasteiger partial charge >= 0.3 is 0 Å². The monoisotopic (exact) mass is 245 g/mol. The van der Waals surface area contributed by atoms with Gasteiger partial charge in [0.25, 0.3) is 5.91 Å². The summed E-state index contributed by atoms with van der Waals surface area (Å²) in [6.45, 7) is 0.542. The fraction of sp³-hybridized carbons (Fsp3) is 0.125. The fourth-order valence-electron chi connectivity index (χ4n) is 1.25. The van der Waals surface area contributed by atoms with E-state index in [1.54, 1.807) is 12.1 Å². The highest BCUT2D eigenvalue weighted by molar-refractivity contribution is 9.10. The minimum Gasteiger partial charge on any atom is -0.348 e. The summed E-state index contributed by atoms with van der Waals surface area (Å²) in [6, 6.07) is 3.57. The number of halogens is 2. The topological polar surface area (TPSA) is 29.1 Å². The van der Waals surface area contributed by atoms with E-state index in [9.17, 15) is 4.79 Å². The maximum absolute atomic E-state index is 11.2. The van der Waals surface area contributed by atoms with Crippen molar-refractivity contribution < 1.29 is 4.79 Å². The molecule has 0 bridgehead atoms. The van der Waals surface area contributed by atoms with Crippen LogP contribution in [0.1, 0.15) is 15.9 Å². The van der Waals surface area contributed by atoms with E-state index in [0.717, 1.165) is 10.0 Å². The molecule has 1 aliphatic rings. The SMILES string of the molecule is O=C1NCc2c(Cl)cc(Br)cc21. The number of carbonyl (C=O) groups excluding carboxylic acids is 1. The molecule has 0 radical (unpaired) electrons. The Hall–Kier alpha value is -0.540. The van der Waals surface area contributed by atoms with Gasteiger partial charge in [-0.15, -0.1) is 0 Å². The Balaban J connectivity index is 2.68. The zero-order valence-electron chi connectivity index (χ0n) is 6.03. The average Bonchev–Trinajstić information content (AvgIpc) is 2.33. The summed E-state index contributed by atoms with van der Waals surface area (Å²) >= 11 is 9.20. The van der Waals surface area contributed by atoms with Crippen LogP contribution in [-0.4, -0.2) is 5.91 Å². The van der Waals surface area contributed by atoms with Crippen LogP contribution in [0.15, 0.2) is 16.6 Å². The van der Waals surface area contributed by atoms with Crippen LogP contribution in [-0.2, 0) is 6.54 Å². The first-order valence-corrected chi connectivity index (χ1v) is 4.61. The molecule has 2 rings (SSSR count). The van der Waals surface area contributed by atoms with E-state index in [0.29, 0.717) is 17.1 Å². The van der Waals surface area contributed by atoms with E-state index >= 15 is 0 Å². The Bertz CT molecular complexity index is 364. The Kier molecular flexibility index (Phi) is 1.85. The summed E-state index contributed by atoms with van der Waals surface area (Å²) in [4.78, 5) is 11.2. The summed E-state index contributed by atoms with van der Waals surface area (Å²) < 4.78 is 0.836. The Labute approximate surface area is 83.0 Å². The van der Waals surface area contributed by atoms with Crippen LogP contribution in [0.3, 0.4) is 0 Å². The number of carbonyl (C=O) groups is 1. The normalized spacial score (nSPS) is 14.3. The Morgan fingerprint density at radius 3 is 3.00 bits per heavy atom. The summed E-state index contributed by atoms with van der Waals surface area (Å²) in [6.07, 6.45) is 0. The molecule has 0 saturated heterocycles. The van der Waals surface area contributed by atoms with E-state index < -0.39 is 0 Å². The molecule has 0 fully saturated rings. The third-order valence-electron chi connectivity index (χ3n) is 1.83. The van der Waals surface area contributed by atoms with Crippen LogP contribution in [0.4, 0.5) is 0 Å². The summed E-state index contributed by atoms with van der Waals surface area (Å²) in [7, 11) is 0. The highest BCUT2D eigenvalue weighted by Gasteiger charge is 2.21. The van der Waals surface area contributed by atoms with Crippen molar-refractivity contribution in [2.45, 2.75) is 6.54 Å². The molecule has 1 aromatic carbocycles. The molecular weight excluding hydrogens is 241 g/mol. The Morgan fingerprint density at radius 1 is 1.50 bits per heavy atom. The molecule has 0 unspecified atom stereocenters. The average molecular weight is 246 g/mol. The predicted octanol–water partition coefficient (Wildman–Crippen LogP) is 2.35. The summed E-state index contributed by atoms with van der Waals surface area (Å²) in [5.74, 6) is -0.0480. The smallest absolute Gasteiger partial charge is 0.251 e. The van der Waals surface area contributed by atoms with Crippen molar-refractivity contribution in [3.05, 3.63) is 32.8 Å². The number of hydrogen-bond donors (Lipinski definition) is 1. The fourth-order valence-corrected chi connectivity index (χ4v) is 2.13. The summed E-state index contributed by atoms with van der Waals surface area (Å²) in [5.41, 5.74) is 1.57. The molecule has 4 heteroatoms. The van der Waals surface area contributed by atoms with Crippen molar-refractivity contribution in [2.24, 2.45) is 0 Å². The van der Waals surface area contributed by atoms with Crippen LogP contribution in [0.25, 0.3) is 0 Å². The third kappa shape index (κ3) is 1.13. The maximum Gasteiger partial charge on any atom is 0.251 e.